The molecule has 0 radical (unpaired) electrons. The quantitative estimate of drug-likeness (QED) is 0.373. The minimum atomic E-state index is -1.36. The minimum Gasteiger partial charge on any atom is -0.545 e. The van der Waals surface area contributed by atoms with E-state index < -0.39 is 23.9 Å². The third-order valence-corrected chi connectivity index (χ3v) is 2.72. The summed E-state index contributed by atoms with van der Waals surface area (Å²) in [5.41, 5.74) is -0.254. The molecule has 28 heavy (non-hydrogen) atoms. The van der Waals surface area contributed by atoms with Gasteiger partial charge in [0.15, 0.2) is 0 Å². The van der Waals surface area contributed by atoms with Crippen molar-refractivity contribution in [2.45, 2.75) is 13.8 Å². The minimum absolute atomic E-state index is 0. The van der Waals surface area contributed by atoms with Crippen LogP contribution in [0, 0.1) is 0 Å². The van der Waals surface area contributed by atoms with Crippen LogP contribution < -0.4 is 19.7 Å². The van der Waals surface area contributed by atoms with Gasteiger partial charge in [0.2, 0.25) is 0 Å². The van der Waals surface area contributed by atoms with Crippen LogP contribution >= 0.6 is 12.4 Å². The number of esters is 2. The Morgan fingerprint density at radius 2 is 0.964 bits per heavy atom. The fourth-order valence-electron chi connectivity index (χ4n) is 1.76. The van der Waals surface area contributed by atoms with Gasteiger partial charge in [0.25, 0.3) is 0 Å². The zero-order valence-electron chi connectivity index (χ0n) is 15.0. The Kier molecular flexibility index (Phi) is 14.0. The predicted molar refractivity (Wildman–Crippen MR) is 97.2 cm³/mol. The van der Waals surface area contributed by atoms with E-state index in [4.69, 9.17) is 0 Å². The van der Waals surface area contributed by atoms with Crippen molar-refractivity contribution >= 4 is 74.0 Å². The maximum absolute atomic E-state index is 10.6. The molecule has 10 heteroatoms. The van der Waals surface area contributed by atoms with E-state index in [2.05, 4.69) is 9.47 Å². The number of carboxylic acid groups (broad SMARTS) is 2. The van der Waals surface area contributed by atoms with Crippen molar-refractivity contribution in [2.24, 2.45) is 0 Å². The number of ether oxygens (including phenoxy) is 2. The third kappa shape index (κ3) is 9.70. The number of hydrogen-bond acceptors (Lipinski definition) is 8. The van der Waals surface area contributed by atoms with Crippen molar-refractivity contribution < 1.29 is 38.9 Å². The van der Waals surface area contributed by atoms with Crippen molar-refractivity contribution in [3.05, 3.63) is 59.7 Å². The average molecular weight is 435 g/mol. The predicted octanol–water partition coefficient (Wildman–Crippen LogP) is -0.00820. The van der Waals surface area contributed by atoms with Crippen molar-refractivity contribution in [1.82, 2.24) is 0 Å². The van der Waals surface area contributed by atoms with E-state index >= 15 is 0 Å². The fourth-order valence-corrected chi connectivity index (χ4v) is 1.76. The number of carbonyl (C=O) groups is 4. The molecule has 8 nitrogen and oxygen atoms in total. The van der Waals surface area contributed by atoms with Gasteiger partial charge in [-0.15, -0.1) is 12.4 Å². The van der Waals surface area contributed by atoms with Crippen LogP contribution in [-0.2, 0) is 9.59 Å². The SMILES string of the molecule is CC(=O)Oc1ccccc1C(=O)[O-].CC(=O)Oc1ccccc1C(=O)[O-].Cl.[Ca+2]. The summed E-state index contributed by atoms with van der Waals surface area (Å²) < 4.78 is 9.29. The van der Waals surface area contributed by atoms with E-state index in [0.29, 0.717) is 0 Å². The summed E-state index contributed by atoms with van der Waals surface area (Å²) in [6.45, 7) is 2.40. The first-order valence-electron chi connectivity index (χ1n) is 7.20. The van der Waals surface area contributed by atoms with E-state index in [1.165, 1.54) is 50.2 Å². The standard InChI is InChI=1S/2C9H8O4.Ca.ClH/c2*1-6(10)13-8-5-3-2-4-7(8)9(11)12;;/h2*2-5H,1H3,(H,11,12);;1H/q;;+2;/p-2. The monoisotopic (exact) mass is 434 g/mol. The third-order valence-electron chi connectivity index (χ3n) is 2.72. The molecular weight excluding hydrogens is 420 g/mol. The summed E-state index contributed by atoms with van der Waals surface area (Å²) in [5.74, 6) is -3.83. The smallest absolute Gasteiger partial charge is 0.545 e. The maximum atomic E-state index is 10.6. The van der Waals surface area contributed by atoms with Crippen LogP contribution in [0.4, 0.5) is 0 Å². The first-order chi connectivity index (χ1) is 12.2. The molecule has 0 heterocycles. The van der Waals surface area contributed by atoms with Gasteiger partial charge < -0.3 is 29.3 Å². The van der Waals surface area contributed by atoms with Gasteiger partial charge in [0.05, 0.1) is 11.9 Å². The van der Waals surface area contributed by atoms with E-state index in [1.54, 1.807) is 12.1 Å². The van der Waals surface area contributed by atoms with E-state index in [0.717, 1.165) is 0 Å². The number of aromatic carboxylic acids is 2. The molecule has 0 aliphatic rings. The van der Waals surface area contributed by atoms with Crippen molar-refractivity contribution in [3.63, 3.8) is 0 Å². The van der Waals surface area contributed by atoms with Crippen LogP contribution in [0.5, 0.6) is 11.5 Å². The number of benzene rings is 2. The van der Waals surface area contributed by atoms with Crippen molar-refractivity contribution in [2.75, 3.05) is 0 Å². The van der Waals surface area contributed by atoms with Gasteiger partial charge in [0, 0.05) is 25.0 Å². The fraction of sp³-hybridized carbons (Fsp3) is 0.111. The molecule has 0 N–H and O–H groups in total. The van der Waals surface area contributed by atoms with Gasteiger partial charge in [-0.3, -0.25) is 9.59 Å². The molecule has 2 rings (SSSR count). The summed E-state index contributed by atoms with van der Waals surface area (Å²) in [4.78, 5) is 42.1. The molecule has 0 aliphatic heterocycles. The Morgan fingerprint density at radius 1 is 0.679 bits per heavy atom. The zero-order valence-corrected chi connectivity index (χ0v) is 18.0. The molecule has 0 spiro atoms. The summed E-state index contributed by atoms with van der Waals surface area (Å²) in [5, 5.41) is 21.0. The van der Waals surface area contributed by atoms with E-state index in [1.807, 2.05) is 0 Å². The molecule has 0 saturated carbocycles. The van der Waals surface area contributed by atoms with Crippen molar-refractivity contribution in [1.29, 1.82) is 0 Å². The Bertz CT molecular complexity index is 768. The van der Waals surface area contributed by atoms with Gasteiger partial charge in [-0.05, 0) is 24.3 Å². The molecule has 0 aliphatic carbocycles. The van der Waals surface area contributed by atoms with Gasteiger partial charge in [-0.1, -0.05) is 24.3 Å². The largest absolute Gasteiger partial charge is 2.00 e. The Hall–Kier alpha value is -2.13. The number of carboxylic acids is 2. The van der Waals surface area contributed by atoms with Crippen LogP contribution in [0.25, 0.3) is 0 Å². The molecule has 2 aromatic carbocycles. The second-order valence-electron chi connectivity index (χ2n) is 4.75. The van der Waals surface area contributed by atoms with Crippen LogP contribution in [0.15, 0.2) is 48.5 Å². The summed E-state index contributed by atoms with van der Waals surface area (Å²) in [6.07, 6.45) is 0. The van der Waals surface area contributed by atoms with Gasteiger partial charge in [-0.25, -0.2) is 0 Å². The van der Waals surface area contributed by atoms with Crippen LogP contribution in [0.3, 0.4) is 0 Å². The topological polar surface area (TPSA) is 133 Å². The number of hydrogen-bond donors (Lipinski definition) is 0. The molecule has 0 saturated heterocycles. The second kappa shape index (κ2) is 14.0. The molecule has 0 atom stereocenters. The Balaban J connectivity index is 0. The second-order valence-corrected chi connectivity index (χ2v) is 4.75. The Morgan fingerprint density at radius 3 is 1.21 bits per heavy atom. The summed E-state index contributed by atoms with van der Waals surface area (Å²) >= 11 is 0. The molecule has 0 aromatic heterocycles. The van der Waals surface area contributed by atoms with Crippen LogP contribution in [0.1, 0.15) is 34.6 Å². The molecular formula is C18H15CaClO8. The number of rotatable bonds is 4. The molecule has 0 fully saturated rings. The molecule has 2 aromatic rings. The normalized spacial score (nSPS) is 8.64. The first kappa shape index (κ1) is 28.1. The van der Waals surface area contributed by atoms with Gasteiger partial charge >= 0.3 is 49.7 Å². The van der Waals surface area contributed by atoms with Crippen LogP contribution in [0.2, 0.25) is 0 Å². The van der Waals surface area contributed by atoms with Crippen LogP contribution in [-0.4, -0.2) is 61.6 Å². The molecule has 0 unspecified atom stereocenters. The average Bonchev–Trinajstić information content (AvgIpc) is 2.55. The maximum Gasteiger partial charge on any atom is 2.00 e. The zero-order chi connectivity index (χ0) is 19.7. The van der Waals surface area contributed by atoms with E-state index in [9.17, 15) is 29.4 Å². The number of para-hydroxylation sites is 2. The molecule has 0 bridgehead atoms. The molecule has 0 amide bonds. The summed E-state index contributed by atoms with van der Waals surface area (Å²) in [7, 11) is 0. The molecule has 144 valence electrons. The number of carbonyl (C=O) groups excluding carboxylic acids is 4. The van der Waals surface area contributed by atoms with Crippen molar-refractivity contribution in [3.8, 4) is 11.5 Å². The first-order valence-corrected chi connectivity index (χ1v) is 7.20. The van der Waals surface area contributed by atoms with E-state index in [-0.39, 0.29) is 72.8 Å². The van der Waals surface area contributed by atoms with Gasteiger partial charge in [-0.2, -0.15) is 0 Å². The Labute approximate surface area is 196 Å². The summed E-state index contributed by atoms with van der Waals surface area (Å²) in [6, 6.07) is 11.6. The van der Waals surface area contributed by atoms with Gasteiger partial charge in [0.1, 0.15) is 11.5 Å². The number of halogens is 1.